The maximum Gasteiger partial charge on any atom is 0.126 e. The summed E-state index contributed by atoms with van der Waals surface area (Å²) in [4.78, 5) is 2.08. The maximum absolute atomic E-state index is 10.0. The van der Waals surface area contributed by atoms with Crippen LogP contribution >= 0.6 is 0 Å². The number of hydrogen-bond acceptors (Lipinski definition) is 4. The maximum atomic E-state index is 10.0. The number of ether oxygens (including phenoxy) is 1. The van der Waals surface area contributed by atoms with Crippen molar-refractivity contribution in [3.8, 4) is 5.75 Å². The Morgan fingerprint density at radius 3 is 2.75 bits per heavy atom. The van der Waals surface area contributed by atoms with Gasteiger partial charge in [0, 0.05) is 43.7 Å². The summed E-state index contributed by atoms with van der Waals surface area (Å²) >= 11 is 0. The predicted octanol–water partition coefficient (Wildman–Crippen LogP) is 2.12. The minimum absolute atomic E-state index is 0.586. The number of aryl methyl sites for hydroxylation is 1. The van der Waals surface area contributed by atoms with Gasteiger partial charge in [-0.25, -0.2) is 0 Å². The zero-order valence-electron chi connectivity index (χ0n) is 12.4. The Morgan fingerprint density at radius 2 is 2.20 bits per heavy atom. The van der Waals surface area contributed by atoms with E-state index in [-0.39, 0.29) is 0 Å². The second-order valence-corrected chi connectivity index (χ2v) is 4.95. The summed E-state index contributed by atoms with van der Waals surface area (Å²) in [5, 5.41) is 14.2. The Labute approximate surface area is 119 Å². The average molecular weight is 275 g/mol. The third-order valence-corrected chi connectivity index (χ3v) is 3.27. The Kier molecular flexibility index (Phi) is 4.29. The number of anilines is 1. The van der Waals surface area contributed by atoms with E-state index in [1.807, 2.05) is 44.7 Å². The molecule has 0 saturated heterocycles. The van der Waals surface area contributed by atoms with Gasteiger partial charge in [0.2, 0.25) is 0 Å². The molecule has 108 valence electrons. The number of aromatic nitrogens is 2. The van der Waals surface area contributed by atoms with E-state index in [2.05, 4.69) is 10.00 Å². The molecule has 1 atom stereocenters. The fraction of sp³-hybridized carbons (Fsp3) is 0.400. The lowest BCUT2D eigenvalue weighted by Crippen LogP contribution is -2.18. The first-order chi connectivity index (χ1) is 9.52. The molecule has 2 aromatic rings. The number of aliphatic hydroxyl groups excluding tert-OH is 1. The minimum atomic E-state index is -0.586. The van der Waals surface area contributed by atoms with Crippen LogP contribution in [0.15, 0.2) is 30.6 Å². The SMILES string of the molecule is COc1cccc(N(C)Cc2cnn(C)c2)c1[C@H](C)O. The van der Waals surface area contributed by atoms with Crippen molar-refractivity contribution in [1.82, 2.24) is 9.78 Å². The number of nitrogens with zero attached hydrogens (tertiary/aromatic N) is 3. The number of hydrogen-bond donors (Lipinski definition) is 1. The summed E-state index contributed by atoms with van der Waals surface area (Å²) < 4.78 is 7.13. The summed E-state index contributed by atoms with van der Waals surface area (Å²) in [6, 6.07) is 5.78. The molecular formula is C15H21N3O2. The summed E-state index contributed by atoms with van der Waals surface area (Å²) in [5.41, 5.74) is 2.89. The highest BCUT2D eigenvalue weighted by atomic mass is 16.5. The van der Waals surface area contributed by atoms with Gasteiger partial charge in [-0.2, -0.15) is 5.10 Å². The molecule has 0 unspecified atom stereocenters. The minimum Gasteiger partial charge on any atom is -0.496 e. The van der Waals surface area contributed by atoms with Gasteiger partial charge in [-0.15, -0.1) is 0 Å². The van der Waals surface area contributed by atoms with Crippen molar-refractivity contribution < 1.29 is 9.84 Å². The van der Waals surface area contributed by atoms with Gasteiger partial charge in [0.05, 0.1) is 19.4 Å². The molecule has 2 rings (SSSR count). The molecule has 1 aromatic heterocycles. The van der Waals surface area contributed by atoms with Crippen molar-refractivity contribution in [2.45, 2.75) is 19.6 Å². The number of benzene rings is 1. The lowest BCUT2D eigenvalue weighted by molar-refractivity contribution is 0.194. The van der Waals surface area contributed by atoms with Crippen LogP contribution in [0.5, 0.6) is 5.75 Å². The van der Waals surface area contributed by atoms with Crippen LogP contribution in [0.3, 0.4) is 0 Å². The molecule has 0 saturated carbocycles. The van der Waals surface area contributed by atoms with Crippen LogP contribution in [0.2, 0.25) is 0 Å². The first kappa shape index (κ1) is 14.4. The number of aliphatic hydroxyl groups is 1. The standard InChI is InChI=1S/C15H21N3O2/c1-11(19)15-13(6-5-7-14(15)20-4)17(2)9-12-8-16-18(3)10-12/h5-8,10-11,19H,9H2,1-4H3/t11-/m0/s1. The monoisotopic (exact) mass is 275 g/mol. The van der Waals surface area contributed by atoms with E-state index in [4.69, 9.17) is 4.74 Å². The molecule has 5 nitrogen and oxygen atoms in total. The first-order valence-corrected chi connectivity index (χ1v) is 6.56. The van der Waals surface area contributed by atoms with Crippen LogP contribution in [0.25, 0.3) is 0 Å². The molecule has 0 amide bonds. The highest BCUT2D eigenvalue weighted by Crippen LogP contribution is 2.34. The van der Waals surface area contributed by atoms with Gasteiger partial charge in [-0.05, 0) is 19.1 Å². The van der Waals surface area contributed by atoms with Crippen molar-refractivity contribution in [3.05, 3.63) is 41.7 Å². The van der Waals surface area contributed by atoms with Gasteiger partial charge in [-0.3, -0.25) is 4.68 Å². The third-order valence-electron chi connectivity index (χ3n) is 3.27. The molecule has 1 aromatic carbocycles. The van der Waals surface area contributed by atoms with Crippen LogP contribution in [-0.2, 0) is 13.6 Å². The fourth-order valence-electron chi connectivity index (χ4n) is 2.38. The summed E-state index contributed by atoms with van der Waals surface area (Å²) in [7, 11) is 5.51. The smallest absolute Gasteiger partial charge is 0.126 e. The first-order valence-electron chi connectivity index (χ1n) is 6.56. The van der Waals surface area contributed by atoms with Crippen molar-refractivity contribution in [1.29, 1.82) is 0 Å². The molecule has 0 bridgehead atoms. The van der Waals surface area contributed by atoms with Crippen molar-refractivity contribution in [2.75, 3.05) is 19.1 Å². The van der Waals surface area contributed by atoms with Gasteiger partial charge in [-0.1, -0.05) is 6.07 Å². The summed E-state index contributed by atoms with van der Waals surface area (Å²) in [5.74, 6) is 0.704. The Balaban J connectivity index is 2.31. The van der Waals surface area contributed by atoms with Gasteiger partial charge in [0.1, 0.15) is 5.75 Å². The Hall–Kier alpha value is -2.01. The van der Waals surface area contributed by atoms with E-state index in [1.54, 1.807) is 18.7 Å². The van der Waals surface area contributed by atoms with Crippen LogP contribution in [0, 0.1) is 0 Å². The molecule has 1 heterocycles. The van der Waals surface area contributed by atoms with E-state index in [1.165, 1.54) is 0 Å². The van der Waals surface area contributed by atoms with Crippen molar-refractivity contribution in [3.63, 3.8) is 0 Å². The van der Waals surface area contributed by atoms with Gasteiger partial charge >= 0.3 is 0 Å². The third kappa shape index (κ3) is 2.93. The predicted molar refractivity (Wildman–Crippen MR) is 78.9 cm³/mol. The van der Waals surface area contributed by atoms with E-state index in [0.717, 1.165) is 23.4 Å². The van der Waals surface area contributed by atoms with Crippen molar-refractivity contribution in [2.24, 2.45) is 7.05 Å². The molecule has 20 heavy (non-hydrogen) atoms. The van der Waals surface area contributed by atoms with Crippen LogP contribution in [0.1, 0.15) is 24.2 Å². The second kappa shape index (κ2) is 5.96. The quantitative estimate of drug-likeness (QED) is 0.908. The molecular weight excluding hydrogens is 254 g/mol. The number of rotatable bonds is 5. The largest absolute Gasteiger partial charge is 0.496 e. The van der Waals surface area contributed by atoms with Gasteiger partial charge in [0.25, 0.3) is 0 Å². The summed E-state index contributed by atoms with van der Waals surface area (Å²) in [6.45, 7) is 2.47. The van der Waals surface area contributed by atoms with Crippen molar-refractivity contribution >= 4 is 5.69 Å². The molecule has 0 radical (unpaired) electrons. The highest BCUT2D eigenvalue weighted by Gasteiger charge is 2.17. The lowest BCUT2D eigenvalue weighted by atomic mass is 10.1. The molecule has 5 heteroatoms. The second-order valence-electron chi connectivity index (χ2n) is 4.95. The molecule has 0 fully saturated rings. The van der Waals surface area contributed by atoms with Crippen LogP contribution in [-0.4, -0.2) is 29.0 Å². The number of methoxy groups -OCH3 is 1. The molecule has 1 N–H and O–H groups in total. The van der Waals surface area contributed by atoms with Gasteiger partial charge in [0.15, 0.2) is 0 Å². The molecule has 0 aliphatic heterocycles. The zero-order chi connectivity index (χ0) is 14.7. The Bertz CT molecular complexity index is 578. The zero-order valence-corrected chi connectivity index (χ0v) is 12.4. The fourth-order valence-corrected chi connectivity index (χ4v) is 2.38. The van der Waals surface area contributed by atoms with E-state index in [9.17, 15) is 5.11 Å². The lowest BCUT2D eigenvalue weighted by Gasteiger charge is -2.24. The molecule has 0 aliphatic rings. The highest BCUT2D eigenvalue weighted by molar-refractivity contribution is 5.60. The average Bonchev–Trinajstić information content (AvgIpc) is 2.82. The summed E-state index contributed by atoms with van der Waals surface area (Å²) in [6.07, 6.45) is 3.25. The van der Waals surface area contributed by atoms with E-state index >= 15 is 0 Å². The molecule has 0 aliphatic carbocycles. The van der Waals surface area contributed by atoms with Crippen LogP contribution < -0.4 is 9.64 Å². The topological polar surface area (TPSA) is 50.5 Å². The van der Waals surface area contributed by atoms with E-state index in [0.29, 0.717) is 5.75 Å². The van der Waals surface area contributed by atoms with Gasteiger partial charge < -0.3 is 14.7 Å². The van der Waals surface area contributed by atoms with E-state index < -0.39 is 6.10 Å². The molecule has 0 spiro atoms. The normalized spacial score (nSPS) is 12.2. The van der Waals surface area contributed by atoms with Crippen LogP contribution in [0.4, 0.5) is 5.69 Å². The Morgan fingerprint density at radius 1 is 1.45 bits per heavy atom.